The first-order valence-electron chi connectivity index (χ1n) is 6.03. The largest absolute Gasteiger partial charge is 0.463 e. The number of nitrogens with zero attached hydrogens (tertiary/aromatic N) is 1. The van der Waals surface area contributed by atoms with Crippen molar-refractivity contribution in [2.24, 2.45) is 0 Å². The van der Waals surface area contributed by atoms with Crippen LogP contribution in [0.2, 0.25) is 0 Å². The van der Waals surface area contributed by atoms with E-state index in [-0.39, 0.29) is 11.7 Å². The smallest absolute Gasteiger partial charge is 0.257 e. The second-order valence-electron chi connectivity index (χ2n) is 4.48. The quantitative estimate of drug-likeness (QED) is 0.771. The molecule has 1 aliphatic rings. The van der Waals surface area contributed by atoms with Gasteiger partial charge in [0.25, 0.3) is 5.91 Å². The molecule has 0 atom stereocenters. The number of furan rings is 1. The second kappa shape index (κ2) is 4.29. The van der Waals surface area contributed by atoms with Gasteiger partial charge >= 0.3 is 0 Å². The Labute approximate surface area is 104 Å². The lowest BCUT2D eigenvalue weighted by atomic mass is 10.1. The number of Topliss-reactive ketones (excluding diaryl/α,β-unsaturated/α-hetero) is 1. The lowest BCUT2D eigenvalue weighted by Gasteiger charge is -2.25. The van der Waals surface area contributed by atoms with Gasteiger partial charge in [-0.1, -0.05) is 18.2 Å². The Balaban J connectivity index is 1.90. The number of piperidine rings is 1. The van der Waals surface area contributed by atoms with Crippen LogP contribution in [0.4, 0.5) is 0 Å². The summed E-state index contributed by atoms with van der Waals surface area (Å²) >= 11 is 0. The minimum atomic E-state index is -0.0487. The molecule has 0 saturated carbocycles. The minimum absolute atomic E-state index is 0.0487. The molecule has 1 saturated heterocycles. The van der Waals surface area contributed by atoms with Gasteiger partial charge in [-0.15, -0.1) is 0 Å². The molecule has 3 rings (SSSR count). The summed E-state index contributed by atoms with van der Waals surface area (Å²) in [6.45, 7) is 1.02. The maximum atomic E-state index is 12.3. The SMILES string of the molecule is O=C1CCN(C(=O)c2coc3ccccc23)CC1. The van der Waals surface area contributed by atoms with Crippen molar-refractivity contribution < 1.29 is 14.0 Å². The highest BCUT2D eigenvalue weighted by molar-refractivity contribution is 6.06. The number of rotatable bonds is 1. The Bertz CT molecular complexity index is 604. The van der Waals surface area contributed by atoms with Crippen molar-refractivity contribution in [2.75, 3.05) is 13.1 Å². The highest BCUT2D eigenvalue weighted by Crippen LogP contribution is 2.23. The van der Waals surface area contributed by atoms with Gasteiger partial charge in [-0.2, -0.15) is 0 Å². The molecule has 0 spiro atoms. The summed E-state index contributed by atoms with van der Waals surface area (Å²) in [5.41, 5.74) is 1.30. The molecule has 0 radical (unpaired) electrons. The number of hydrogen-bond acceptors (Lipinski definition) is 3. The standard InChI is InChI=1S/C14H13NO3/c16-10-5-7-15(8-6-10)14(17)12-9-18-13-4-2-1-3-11(12)13/h1-4,9H,5-8H2. The topological polar surface area (TPSA) is 50.5 Å². The van der Waals surface area contributed by atoms with Crippen molar-refractivity contribution in [3.8, 4) is 0 Å². The van der Waals surface area contributed by atoms with Crippen LogP contribution in [-0.2, 0) is 4.79 Å². The lowest BCUT2D eigenvalue weighted by molar-refractivity contribution is -0.120. The molecular weight excluding hydrogens is 230 g/mol. The number of amides is 1. The summed E-state index contributed by atoms with van der Waals surface area (Å²) in [7, 11) is 0. The monoisotopic (exact) mass is 243 g/mol. The van der Waals surface area contributed by atoms with E-state index in [1.54, 1.807) is 4.90 Å². The first kappa shape index (κ1) is 11.0. The number of benzene rings is 1. The molecule has 18 heavy (non-hydrogen) atoms. The van der Waals surface area contributed by atoms with E-state index in [1.165, 1.54) is 6.26 Å². The van der Waals surface area contributed by atoms with E-state index >= 15 is 0 Å². The second-order valence-corrected chi connectivity index (χ2v) is 4.48. The zero-order chi connectivity index (χ0) is 12.5. The van der Waals surface area contributed by atoms with Gasteiger partial charge in [0.05, 0.1) is 5.56 Å². The molecule has 1 aliphatic heterocycles. The summed E-state index contributed by atoms with van der Waals surface area (Å²) < 4.78 is 5.37. The molecule has 1 aromatic carbocycles. The van der Waals surface area contributed by atoms with Gasteiger partial charge in [-0.05, 0) is 6.07 Å². The molecule has 0 N–H and O–H groups in total. The summed E-state index contributed by atoms with van der Waals surface area (Å²) in [5, 5.41) is 0.833. The molecule has 1 fully saturated rings. The Morgan fingerprint density at radius 1 is 1.17 bits per heavy atom. The number of para-hydroxylation sites is 1. The van der Waals surface area contributed by atoms with E-state index in [1.807, 2.05) is 24.3 Å². The number of fused-ring (bicyclic) bond motifs is 1. The first-order chi connectivity index (χ1) is 8.75. The molecule has 4 nitrogen and oxygen atoms in total. The Hall–Kier alpha value is -2.10. The molecule has 2 aromatic rings. The molecule has 1 aromatic heterocycles. The molecule has 4 heteroatoms. The summed E-state index contributed by atoms with van der Waals surface area (Å²) in [6.07, 6.45) is 2.42. The van der Waals surface area contributed by atoms with Crippen molar-refractivity contribution in [2.45, 2.75) is 12.8 Å². The van der Waals surface area contributed by atoms with Gasteiger partial charge in [-0.25, -0.2) is 0 Å². The summed E-state index contributed by atoms with van der Waals surface area (Å²) in [6, 6.07) is 7.47. The third-order valence-electron chi connectivity index (χ3n) is 3.32. The van der Waals surface area contributed by atoms with Gasteiger partial charge in [-0.3, -0.25) is 9.59 Å². The van der Waals surface area contributed by atoms with Crippen molar-refractivity contribution in [1.29, 1.82) is 0 Å². The van der Waals surface area contributed by atoms with E-state index in [0.29, 0.717) is 37.1 Å². The number of likely N-dealkylation sites (tertiary alicyclic amines) is 1. The van der Waals surface area contributed by atoms with Crippen LogP contribution in [0.1, 0.15) is 23.2 Å². The van der Waals surface area contributed by atoms with Crippen LogP contribution in [0, 0.1) is 0 Å². The Kier molecular flexibility index (Phi) is 2.63. The van der Waals surface area contributed by atoms with Crippen LogP contribution in [0.15, 0.2) is 34.9 Å². The van der Waals surface area contributed by atoms with Crippen LogP contribution in [0.3, 0.4) is 0 Å². The minimum Gasteiger partial charge on any atom is -0.463 e. The van der Waals surface area contributed by atoms with E-state index < -0.39 is 0 Å². The normalized spacial score (nSPS) is 16.2. The predicted molar refractivity (Wildman–Crippen MR) is 66.4 cm³/mol. The maximum Gasteiger partial charge on any atom is 0.257 e. The van der Waals surface area contributed by atoms with Crippen molar-refractivity contribution >= 4 is 22.7 Å². The van der Waals surface area contributed by atoms with Crippen molar-refractivity contribution in [1.82, 2.24) is 4.90 Å². The number of carbonyl (C=O) groups is 2. The molecule has 0 unspecified atom stereocenters. The maximum absolute atomic E-state index is 12.3. The molecular formula is C14H13NO3. The Morgan fingerprint density at radius 2 is 1.89 bits per heavy atom. The number of hydrogen-bond donors (Lipinski definition) is 0. The molecule has 0 aliphatic carbocycles. The fourth-order valence-corrected chi connectivity index (χ4v) is 2.27. The van der Waals surface area contributed by atoms with E-state index in [0.717, 1.165) is 5.39 Å². The molecule has 0 bridgehead atoms. The van der Waals surface area contributed by atoms with Crippen LogP contribution >= 0.6 is 0 Å². The van der Waals surface area contributed by atoms with Crippen LogP contribution in [-0.4, -0.2) is 29.7 Å². The highest BCUT2D eigenvalue weighted by atomic mass is 16.3. The van der Waals surface area contributed by atoms with Crippen molar-refractivity contribution in [3.05, 3.63) is 36.1 Å². The zero-order valence-electron chi connectivity index (χ0n) is 9.89. The van der Waals surface area contributed by atoms with Crippen LogP contribution in [0.25, 0.3) is 11.0 Å². The summed E-state index contributed by atoms with van der Waals surface area (Å²) in [4.78, 5) is 25.2. The third-order valence-corrected chi connectivity index (χ3v) is 3.32. The van der Waals surface area contributed by atoms with Crippen molar-refractivity contribution in [3.63, 3.8) is 0 Å². The first-order valence-corrected chi connectivity index (χ1v) is 6.03. The van der Waals surface area contributed by atoms with Crippen LogP contribution < -0.4 is 0 Å². The molecule has 1 amide bonds. The zero-order valence-corrected chi connectivity index (χ0v) is 9.89. The number of carbonyl (C=O) groups excluding carboxylic acids is 2. The van der Waals surface area contributed by atoms with Crippen LogP contribution in [0.5, 0.6) is 0 Å². The number of ketones is 1. The summed E-state index contributed by atoms with van der Waals surface area (Å²) in [5.74, 6) is 0.184. The average molecular weight is 243 g/mol. The van der Waals surface area contributed by atoms with Gasteiger partial charge < -0.3 is 9.32 Å². The molecule has 92 valence electrons. The fraction of sp³-hybridized carbons (Fsp3) is 0.286. The lowest BCUT2D eigenvalue weighted by Crippen LogP contribution is -2.38. The van der Waals surface area contributed by atoms with Gasteiger partial charge in [0.15, 0.2) is 0 Å². The van der Waals surface area contributed by atoms with E-state index in [9.17, 15) is 9.59 Å². The molecule has 2 heterocycles. The fourth-order valence-electron chi connectivity index (χ4n) is 2.27. The highest BCUT2D eigenvalue weighted by Gasteiger charge is 2.24. The predicted octanol–water partition coefficient (Wildman–Crippen LogP) is 2.24. The average Bonchev–Trinajstić information content (AvgIpc) is 2.82. The third kappa shape index (κ3) is 1.79. The Morgan fingerprint density at radius 3 is 2.67 bits per heavy atom. The van der Waals surface area contributed by atoms with E-state index in [2.05, 4.69) is 0 Å². The van der Waals surface area contributed by atoms with Gasteiger partial charge in [0.2, 0.25) is 0 Å². The van der Waals surface area contributed by atoms with E-state index in [4.69, 9.17) is 4.42 Å². The van der Waals surface area contributed by atoms with Gasteiger partial charge in [0, 0.05) is 31.3 Å². The van der Waals surface area contributed by atoms with Gasteiger partial charge in [0.1, 0.15) is 17.6 Å².